The molecule has 1 heterocycles. The van der Waals surface area contributed by atoms with Crippen LogP contribution < -0.4 is 5.32 Å². The van der Waals surface area contributed by atoms with Crippen molar-refractivity contribution in [3.63, 3.8) is 0 Å². The second-order valence-corrected chi connectivity index (χ2v) is 6.46. The van der Waals surface area contributed by atoms with Gasteiger partial charge in [0.15, 0.2) is 0 Å². The Morgan fingerprint density at radius 3 is 2.95 bits per heavy atom. The van der Waals surface area contributed by atoms with Gasteiger partial charge in [0.05, 0.1) is 0 Å². The van der Waals surface area contributed by atoms with Gasteiger partial charge in [-0.1, -0.05) is 13.0 Å². The number of fused-ring (bicyclic) bond motifs is 1. The number of likely N-dealkylation sites (tertiary alicyclic amines) is 1. The number of halogens is 1. The number of rotatable bonds is 5. The molecule has 1 aliphatic heterocycles. The first-order valence-electron chi connectivity index (χ1n) is 7.96. The fourth-order valence-electron chi connectivity index (χ4n) is 3.61. The third-order valence-corrected chi connectivity index (χ3v) is 4.66. The predicted molar refractivity (Wildman–Crippen MR) is 80.3 cm³/mol. The Balaban J connectivity index is 1.50. The molecule has 0 bridgehead atoms. The van der Waals surface area contributed by atoms with Crippen LogP contribution in [0.5, 0.6) is 0 Å². The van der Waals surface area contributed by atoms with Crippen LogP contribution in [-0.4, -0.2) is 31.1 Å². The smallest absolute Gasteiger partial charge is 0.123 e. The number of hydrogen-bond donors (Lipinski definition) is 1. The molecule has 2 aliphatic rings. The van der Waals surface area contributed by atoms with Crippen LogP contribution in [0.4, 0.5) is 4.39 Å². The molecule has 2 nitrogen and oxygen atoms in total. The van der Waals surface area contributed by atoms with Gasteiger partial charge in [-0.05, 0) is 74.5 Å². The molecule has 0 saturated carbocycles. The van der Waals surface area contributed by atoms with Gasteiger partial charge >= 0.3 is 0 Å². The molecule has 3 rings (SSSR count). The van der Waals surface area contributed by atoms with Gasteiger partial charge in [-0.2, -0.15) is 0 Å². The SMILES string of the molecule is CC(CNC1CCc2cc(F)ccc21)CN1CCCC1. The maximum atomic E-state index is 13.2. The van der Waals surface area contributed by atoms with E-state index in [4.69, 9.17) is 0 Å². The molecular formula is C17H25FN2. The van der Waals surface area contributed by atoms with Crippen LogP contribution in [-0.2, 0) is 6.42 Å². The Kier molecular flexibility index (Phi) is 4.37. The summed E-state index contributed by atoms with van der Waals surface area (Å²) < 4.78 is 13.2. The van der Waals surface area contributed by atoms with Crippen LogP contribution in [0.1, 0.15) is 43.4 Å². The first-order chi connectivity index (χ1) is 9.72. The van der Waals surface area contributed by atoms with E-state index in [1.54, 1.807) is 12.1 Å². The van der Waals surface area contributed by atoms with Crippen molar-refractivity contribution in [2.24, 2.45) is 5.92 Å². The van der Waals surface area contributed by atoms with Crippen LogP contribution in [0, 0.1) is 11.7 Å². The molecule has 2 atom stereocenters. The molecule has 110 valence electrons. The summed E-state index contributed by atoms with van der Waals surface area (Å²) in [5.41, 5.74) is 2.49. The third kappa shape index (κ3) is 3.21. The second-order valence-electron chi connectivity index (χ2n) is 6.46. The Morgan fingerprint density at radius 2 is 2.15 bits per heavy atom. The number of benzene rings is 1. The molecule has 1 saturated heterocycles. The summed E-state index contributed by atoms with van der Waals surface area (Å²) in [6.45, 7) is 7.13. The van der Waals surface area contributed by atoms with Crippen molar-refractivity contribution in [1.82, 2.24) is 10.2 Å². The predicted octanol–water partition coefficient (Wildman–Crippen LogP) is 3.13. The quantitative estimate of drug-likeness (QED) is 0.889. The summed E-state index contributed by atoms with van der Waals surface area (Å²) in [5.74, 6) is 0.574. The molecule has 0 aromatic heterocycles. The minimum Gasteiger partial charge on any atom is -0.310 e. The first kappa shape index (κ1) is 14.0. The van der Waals surface area contributed by atoms with E-state index in [1.807, 2.05) is 6.07 Å². The Labute approximate surface area is 121 Å². The highest BCUT2D eigenvalue weighted by molar-refractivity contribution is 5.34. The second kappa shape index (κ2) is 6.23. The zero-order chi connectivity index (χ0) is 13.9. The lowest BCUT2D eigenvalue weighted by atomic mass is 10.1. The van der Waals surface area contributed by atoms with E-state index in [0.717, 1.165) is 19.4 Å². The maximum absolute atomic E-state index is 13.2. The fourth-order valence-corrected chi connectivity index (χ4v) is 3.61. The average Bonchev–Trinajstić information content (AvgIpc) is 3.05. The van der Waals surface area contributed by atoms with Crippen LogP contribution >= 0.6 is 0 Å². The van der Waals surface area contributed by atoms with E-state index in [2.05, 4.69) is 17.1 Å². The Bertz CT molecular complexity index is 454. The molecule has 1 aliphatic carbocycles. The summed E-state index contributed by atoms with van der Waals surface area (Å²) in [6.07, 6.45) is 4.84. The summed E-state index contributed by atoms with van der Waals surface area (Å²) in [6, 6.07) is 5.67. The van der Waals surface area contributed by atoms with E-state index in [9.17, 15) is 4.39 Å². The van der Waals surface area contributed by atoms with Crippen LogP contribution in [0.2, 0.25) is 0 Å². The monoisotopic (exact) mass is 276 g/mol. The first-order valence-corrected chi connectivity index (χ1v) is 7.96. The molecule has 0 radical (unpaired) electrons. The normalized spacial score (nSPS) is 24.0. The molecule has 1 aromatic rings. The van der Waals surface area contributed by atoms with Crippen molar-refractivity contribution in [1.29, 1.82) is 0 Å². The molecule has 1 fully saturated rings. The zero-order valence-corrected chi connectivity index (χ0v) is 12.4. The van der Waals surface area contributed by atoms with E-state index in [-0.39, 0.29) is 5.82 Å². The lowest BCUT2D eigenvalue weighted by Gasteiger charge is -2.22. The minimum absolute atomic E-state index is 0.105. The zero-order valence-electron chi connectivity index (χ0n) is 12.4. The Morgan fingerprint density at radius 1 is 1.35 bits per heavy atom. The standard InChI is InChI=1S/C17H25FN2/c1-13(12-20-8-2-3-9-20)11-19-17-7-4-14-10-15(18)5-6-16(14)17/h5-6,10,13,17,19H,2-4,7-9,11-12H2,1H3. The third-order valence-electron chi connectivity index (χ3n) is 4.66. The maximum Gasteiger partial charge on any atom is 0.123 e. The summed E-state index contributed by atoms with van der Waals surface area (Å²) >= 11 is 0. The highest BCUT2D eigenvalue weighted by Gasteiger charge is 2.23. The molecule has 1 N–H and O–H groups in total. The molecule has 1 aromatic carbocycles. The van der Waals surface area contributed by atoms with Crippen molar-refractivity contribution in [2.45, 2.75) is 38.6 Å². The molecule has 2 unspecified atom stereocenters. The number of nitrogens with zero attached hydrogens (tertiary/aromatic N) is 1. The van der Waals surface area contributed by atoms with Crippen molar-refractivity contribution < 1.29 is 4.39 Å². The van der Waals surface area contributed by atoms with Crippen molar-refractivity contribution in [3.05, 3.63) is 35.1 Å². The van der Waals surface area contributed by atoms with Gasteiger partial charge in [-0.25, -0.2) is 4.39 Å². The highest BCUT2D eigenvalue weighted by Crippen LogP contribution is 2.31. The molecule has 20 heavy (non-hydrogen) atoms. The lowest BCUT2D eigenvalue weighted by Crippen LogP contribution is -2.32. The van der Waals surface area contributed by atoms with E-state index in [0.29, 0.717) is 12.0 Å². The van der Waals surface area contributed by atoms with E-state index in [1.165, 1.54) is 43.6 Å². The van der Waals surface area contributed by atoms with Gasteiger partial charge in [0.25, 0.3) is 0 Å². The van der Waals surface area contributed by atoms with Gasteiger partial charge in [-0.15, -0.1) is 0 Å². The lowest BCUT2D eigenvalue weighted by molar-refractivity contribution is 0.277. The molecule has 0 amide bonds. The van der Waals surface area contributed by atoms with Gasteiger partial charge in [-0.3, -0.25) is 0 Å². The minimum atomic E-state index is -0.105. The number of nitrogens with one attached hydrogen (secondary N) is 1. The van der Waals surface area contributed by atoms with Crippen LogP contribution in [0.15, 0.2) is 18.2 Å². The van der Waals surface area contributed by atoms with Crippen LogP contribution in [0.25, 0.3) is 0 Å². The van der Waals surface area contributed by atoms with Gasteiger partial charge < -0.3 is 10.2 Å². The number of aryl methyl sites for hydroxylation is 1. The van der Waals surface area contributed by atoms with E-state index < -0.39 is 0 Å². The van der Waals surface area contributed by atoms with Crippen molar-refractivity contribution >= 4 is 0 Å². The Hall–Kier alpha value is -0.930. The van der Waals surface area contributed by atoms with Crippen molar-refractivity contribution in [2.75, 3.05) is 26.2 Å². The molecule has 0 spiro atoms. The summed E-state index contributed by atoms with van der Waals surface area (Å²) in [5, 5.41) is 3.68. The average molecular weight is 276 g/mol. The van der Waals surface area contributed by atoms with Gasteiger partial charge in [0.2, 0.25) is 0 Å². The topological polar surface area (TPSA) is 15.3 Å². The molecule has 3 heteroatoms. The fraction of sp³-hybridized carbons (Fsp3) is 0.647. The van der Waals surface area contributed by atoms with Crippen LogP contribution in [0.3, 0.4) is 0 Å². The van der Waals surface area contributed by atoms with E-state index >= 15 is 0 Å². The molecular weight excluding hydrogens is 251 g/mol. The largest absolute Gasteiger partial charge is 0.310 e. The van der Waals surface area contributed by atoms with Gasteiger partial charge in [0.1, 0.15) is 5.82 Å². The summed E-state index contributed by atoms with van der Waals surface area (Å²) in [4.78, 5) is 2.57. The van der Waals surface area contributed by atoms with Gasteiger partial charge in [0, 0.05) is 12.6 Å². The van der Waals surface area contributed by atoms with Crippen molar-refractivity contribution in [3.8, 4) is 0 Å². The number of hydrogen-bond acceptors (Lipinski definition) is 2. The highest BCUT2D eigenvalue weighted by atomic mass is 19.1. The summed E-state index contributed by atoms with van der Waals surface area (Å²) in [7, 11) is 0.